The molecule has 3 rings (SSSR count). The summed E-state index contributed by atoms with van der Waals surface area (Å²) in [6, 6.07) is 7.13. The van der Waals surface area contributed by atoms with Crippen molar-refractivity contribution < 1.29 is 19.2 Å². The number of hydrogen-bond acceptors (Lipinski definition) is 9. The molecule has 0 radical (unpaired) electrons. The number of piperidine rings is 1. The third-order valence-corrected chi connectivity index (χ3v) is 5.64. The third-order valence-electron chi connectivity index (χ3n) is 5.31. The summed E-state index contributed by atoms with van der Waals surface area (Å²) in [4.78, 5) is 32.2. The molecule has 1 aromatic rings. The molecule has 2 aliphatic heterocycles. The molecule has 1 fully saturated rings. The van der Waals surface area contributed by atoms with Crippen molar-refractivity contribution in [1.29, 1.82) is 0 Å². The predicted octanol–water partition coefficient (Wildman–Crippen LogP) is 2.13. The van der Waals surface area contributed by atoms with Gasteiger partial charge in [-0.2, -0.15) is 0 Å². The van der Waals surface area contributed by atoms with Crippen LogP contribution in [0.5, 0.6) is 0 Å². The highest BCUT2D eigenvalue weighted by molar-refractivity contribution is 6.34. The Morgan fingerprint density at radius 2 is 1.97 bits per heavy atom. The Morgan fingerprint density at radius 1 is 1.30 bits per heavy atom. The number of ketones is 1. The van der Waals surface area contributed by atoms with Gasteiger partial charge in [0.25, 0.3) is 0 Å². The molecule has 180 valence electrons. The number of rotatable bonds is 6. The summed E-state index contributed by atoms with van der Waals surface area (Å²) in [5.41, 5.74) is 5.97. The van der Waals surface area contributed by atoms with Gasteiger partial charge in [0.15, 0.2) is 24.3 Å². The second kappa shape index (κ2) is 10.4. The molecular formula is C22H31ClN6O4. The van der Waals surface area contributed by atoms with Crippen LogP contribution in [0.4, 0.5) is 0 Å². The van der Waals surface area contributed by atoms with E-state index in [-0.39, 0.29) is 24.1 Å². The van der Waals surface area contributed by atoms with Gasteiger partial charge in [-0.1, -0.05) is 28.9 Å². The number of nitrogens with zero attached hydrogens (tertiary/aromatic N) is 4. The van der Waals surface area contributed by atoms with Crippen LogP contribution in [0.3, 0.4) is 0 Å². The number of ether oxygens (including phenoxy) is 1. The van der Waals surface area contributed by atoms with Crippen LogP contribution in [0.1, 0.15) is 50.4 Å². The first-order valence-electron chi connectivity index (χ1n) is 10.9. The van der Waals surface area contributed by atoms with Crippen molar-refractivity contribution in [3.8, 4) is 0 Å². The van der Waals surface area contributed by atoms with Crippen LogP contribution in [-0.4, -0.2) is 64.8 Å². The monoisotopic (exact) mass is 478 g/mol. The van der Waals surface area contributed by atoms with Gasteiger partial charge >= 0.3 is 5.97 Å². The zero-order valence-corrected chi connectivity index (χ0v) is 19.9. The van der Waals surface area contributed by atoms with Gasteiger partial charge < -0.3 is 20.2 Å². The lowest BCUT2D eigenvalue weighted by atomic mass is 9.88. The summed E-state index contributed by atoms with van der Waals surface area (Å²) < 4.78 is 5.21. The number of oxime groups is 1. The highest BCUT2D eigenvalue weighted by Gasteiger charge is 2.33. The molecule has 0 amide bonds. The Labute approximate surface area is 198 Å². The van der Waals surface area contributed by atoms with Crippen molar-refractivity contribution in [1.82, 2.24) is 10.0 Å². The summed E-state index contributed by atoms with van der Waals surface area (Å²) in [7, 11) is 0. The number of carbonyl (C=O) groups is 2. The molecule has 1 atom stereocenters. The largest absolute Gasteiger partial charge is 0.459 e. The van der Waals surface area contributed by atoms with Gasteiger partial charge in [0.05, 0.1) is 11.4 Å². The first kappa shape index (κ1) is 24.8. The van der Waals surface area contributed by atoms with E-state index in [2.05, 4.69) is 15.2 Å². The average Bonchev–Trinajstić information content (AvgIpc) is 3.22. The third kappa shape index (κ3) is 6.82. The van der Waals surface area contributed by atoms with Gasteiger partial charge in [-0.15, -0.1) is 5.10 Å². The minimum Gasteiger partial charge on any atom is -0.459 e. The van der Waals surface area contributed by atoms with Crippen molar-refractivity contribution in [2.75, 3.05) is 19.6 Å². The molecule has 0 saturated carbocycles. The molecule has 33 heavy (non-hydrogen) atoms. The van der Waals surface area contributed by atoms with Crippen LogP contribution in [0.15, 0.2) is 34.5 Å². The summed E-state index contributed by atoms with van der Waals surface area (Å²) in [6.45, 7) is 6.41. The molecule has 2 aliphatic rings. The zero-order valence-electron chi connectivity index (χ0n) is 19.2. The van der Waals surface area contributed by atoms with Crippen LogP contribution in [-0.2, 0) is 14.4 Å². The number of nitrogens with two attached hydrogens (primary N) is 2. The predicted molar refractivity (Wildman–Crippen MR) is 125 cm³/mol. The Hall–Kier alpha value is -2.85. The standard InChI is InChI=1S/C22H31ClN6O4/c1-22(2,3)32-19(30)13-29(25)26-21(24)17-12-18(27-33-17)28-10-8-14(9-11-28)20(31)15-6-4-5-7-16(15)23/h4-7,14,17H,8-13,25H2,1-3H3,(H2,24,26). The van der Waals surface area contributed by atoms with Gasteiger partial charge in [0.1, 0.15) is 11.4 Å². The number of halogens is 1. The van der Waals surface area contributed by atoms with E-state index in [4.69, 9.17) is 32.8 Å². The van der Waals surface area contributed by atoms with Gasteiger partial charge in [-0.25, -0.2) is 15.8 Å². The van der Waals surface area contributed by atoms with Crippen molar-refractivity contribution >= 4 is 35.0 Å². The van der Waals surface area contributed by atoms with E-state index in [0.29, 0.717) is 42.9 Å². The van der Waals surface area contributed by atoms with Crippen LogP contribution in [0, 0.1) is 5.92 Å². The first-order valence-corrected chi connectivity index (χ1v) is 11.3. The van der Waals surface area contributed by atoms with E-state index in [1.807, 2.05) is 12.1 Å². The second-order valence-corrected chi connectivity index (χ2v) is 9.53. The summed E-state index contributed by atoms with van der Waals surface area (Å²) in [5, 5.41) is 9.57. The van der Waals surface area contributed by atoms with Crippen molar-refractivity contribution in [3.05, 3.63) is 34.9 Å². The molecular weight excluding hydrogens is 448 g/mol. The van der Waals surface area contributed by atoms with Gasteiger partial charge in [0.2, 0.25) is 0 Å². The number of hydrazone groups is 1. The minimum atomic E-state index is -0.615. The number of hydrogen-bond donors (Lipinski definition) is 2. The van der Waals surface area contributed by atoms with E-state index in [0.717, 1.165) is 11.0 Å². The number of Topliss-reactive ketones (excluding diaryl/α,β-unsaturated/α-hetero) is 1. The van der Waals surface area contributed by atoms with Crippen molar-refractivity contribution in [2.24, 2.45) is 27.8 Å². The lowest BCUT2D eigenvalue weighted by molar-refractivity contribution is -0.156. The molecule has 4 N–H and O–H groups in total. The highest BCUT2D eigenvalue weighted by atomic mass is 35.5. The number of esters is 1. The van der Waals surface area contributed by atoms with Crippen LogP contribution >= 0.6 is 11.6 Å². The molecule has 1 unspecified atom stereocenters. The van der Waals surface area contributed by atoms with Crippen molar-refractivity contribution in [3.63, 3.8) is 0 Å². The van der Waals surface area contributed by atoms with Crippen LogP contribution in [0.25, 0.3) is 0 Å². The quantitative estimate of drug-likeness (QED) is 0.158. The molecule has 0 aliphatic carbocycles. The van der Waals surface area contributed by atoms with Crippen LogP contribution < -0.4 is 11.6 Å². The van der Waals surface area contributed by atoms with E-state index >= 15 is 0 Å². The topological polar surface area (TPSA) is 136 Å². The SMILES string of the molecule is CC(C)(C)OC(=O)CN(N)/N=C(\N)C1CC(N2CCC(C(=O)c3ccccc3Cl)CC2)=NO1. The second-order valence-electron chi connectivity index (χ2n) is 9.12. The Kier molecular flexibility index (Phi) is 7.80. The fourth-order valence-corrected chi connectivity index (χ4v) is 3.97. The first-order chi connectivity index (χ1) is 15.5. The Morgan fingerprint density at radius 3 is 2.61 bits per heavy atom. The molecule has 0 bridgehead atoms. The average molecular weight is 479 g/mol. The van der Waals surface area contributed by atoms with E-state index in [1.54, 1.807) is 32.9 Å². The molecule has 0 spiro atoms. The summed E-state index contributed by atoms with van der Waals surface area (Å²) >= 11 is 6.18. The van der Waals surface area contributed by atoms with E-state index < -0.39 is 17.7 Å². The smallest absolute Gasteiger partial charge is 0.329 e. The summed E-state index contributed by atoms with van der Waals surface area (Å²) in [6.07, 6.45) is 1.25. The molecule has 1 aromatic carbocycles. The maximum atomic E-state index is 12.8. The summed E-state index contributed by atoms with van der Waals surface area (Å²) in [5.74, 6) is 6.11. The fourth-order valence-electron chi connectivity index (χ4n) is 3.75. The lowest BCUT2D eigenvalue weighted by Gasteiger charge is -2.32. The van der Waals surface area contributed by atoms with Crippen molar-refractivity contribution in [2.45, 2.75) is 51.7 Å². The van der Waals surface area contributed by atoms with Crippen LogP contribution in [0.2, 0.25) is 5.02 Å². The number of likely N-dealkylation sites (tertiary alicyclic amines) is 1. The maximum absolute atomic E-state index is 12.8. The van der Waals surface area contributed by atoms with Gasteiger partial charge in [-0.05, 0) is 45.7 Å². The molecule has 1 saturated heterocycles. The number of hydrazine groups is 1. The van der Waals surface area contributed by atoms with Gasteiger partial charge in [0, 0.05) is 24.6 Å². The molecule has 11 heteroatoms. The molecule has 2 heterocycles. The number of amidine groups is 2. The Bertz CT molecular complexity index is 937. The van der Waals surface area contributed by atoms with E-state index in [9.17, 15) is 9.59 Å². The van der Waals surface area contributed by atoms with E-state index in [1.165, 1.54) is 0 Å². The fraction of sp³-hybridized carbons (Fsp3) is 0.545. The van der Waals surface area contributed by atoms with Gasteiger partial charge in [-0.3, -0.25) is 4.79 Å². The maximum Gasteiger partial charge on any atom is 0.329 e. The Balaban J connectivity index is 1.48. The zero-order chi connectivity index (χ0) is 24.2. The number of benzene rings is 1. The number of carbonyl (C=O) groups excluding carboxylic acids is 2. The highest BCUT2D eigenvalue weighted by Crippen LogP contribution is 2.27. The normalized spacial score (nSPS) is 19.7. The molecule has 10 nitrogen and oxygen atoms in total. The minimum absolute atomic E-state index is 0.0761. The molecule has 0 aromatic heterocycles. The lowest BCUT2D eigenvalue weighted by Crippen LogP contribution is -2.42.